The Bertz CT molecular complexity index is 3770. The van der Waals surface area contributed by atoms with Crippen LogP contribution in [0.2, 0.25) is 20.1 Å². The molecule has 6 aromatic carbocycles. The topological polar surface area (TPSA) is 189 Å². The van der Waals surface area contributed by atoms with Gasteiger partial charge in [0, 0.05) is 87.1 Å². The summed E-state index contributed by atoms with van der Waals surface area (Å²) >= 11 is 25.1. The maximum Gasteiger partial charge on any atom is 0.264 e. The van der Waals surface area contributed by atoms with Gasteiger partial charge in [-0.05, 0) is 82.4 Å². The summed E-state index contributed by atoms with van der Waals surface area (Å²) in [5.41, 5.74) is 4.67. The van der Waals surface area contributed by atoms with Crippen LogP contribution in [0.25, 0.3) is 10.8 Å². The van der Waals surface area contributed by atoms with Crippen molar-refractivity contribution >= 4 is 89.0 Å². The van der Waals surface area contributed by atoms with Gasteiger partial charge in [-0.25, -0.2) is 18.4 Å². The van der Waals surface area contributed by atoms with Crippen molar-refractivity contribution in [3.63, 3.8) is 0 Å². The van der Waals surface area contributed by atoms with Crippen molar-refractivity contribution in [3.8, 4) is 11.5 Å². The van der Waals surface area contributed by atoms with Crippen molar-refractivity contribution in [2.45, 2.75) is 62.4 Å². The number of nitrogens with zero attached hydrogens (tertiary/aromatic N) is 5. The van der Waals surface area contributed by atoms with Crippen LogP contribution in [0, 0.1) is 0 Å². The number of halogens is 4. The highest BCUT2D eigenvalue weighted by atomic mass is 35.5. The van der Waals surface area contributed by atoms with Gasteiger partial charge in [-0.1, -0.05) is 125 Å². The van der Waals surface area contributed by atoms with Crippen LogP contribution >= 0.6 is 46.4 Å². The second kappa shape index (κ2) is 27.1. The zero-order valence-corrected chi connectivity index (χ0v) is 50.4. The van der Waals surface area contributed by atoms with Crippen LogP contribution in [0.4, 0.5) is 0 Å². The molecule has 21 heteroatoms. The second-order valence-corrected chi connectivity index (χ2v) is 25.4. The molecule has 5 heterocycles. The van der Waals surface area contributed by atoms with E-state index in [4.69, 9.17) is 73.0 Å². The first-order valence-electron chi connectivity index (χ1n) is 26.5. The van der Waals surface area contributed by atoms with Crippen molar-refractivity contribution in [1.29, 1.82) is 0 Å². The van der Waals surface area contributed by atoms with E-state index in [0.717, 1.165) is 34.8 Å². The predicted molar refractivity (Wildman–Crippen MR) is 321 cm³/mol. The minimum absolute atomic E-state index is 0.0196. The number of para-hydroxylation sites is 2. The number of benzene rings is 6. The molecule has 432 valence electrons. The third-order valence-corrected chi connectivity index (χ3v) is 17.5. The number of piperidine rings is 3. The maximum atomic E-state index is 13.6. The SMILES string of the molecule is COc1ccccc1C(=O)c1nccn1CC(CCOS(C)(=O)=O)c1ccc(Cl)c(Cl)c1.COc1ccccc1C(=O)c1nccn1CC(CC[N+]12CCC(c3ccc4ccccc4c3)(CC1)CC2)c1ccc(Cl)c(Cl)c1.CS(=O)(=O)[O-]. The molecular formula is C61H63Cl4N5O10S2. The lowest BCUT2D eigenvalue weighted by Gasteiger charge is -2.55. The van der Waals surface area contributed by atoms with E-state index in [0.29, 0.717) is 74.3 Å². The molecule has 3 aliphatic rings. The molecule has 0 radical (unpaired) electrons. The van der Waals surface area contributed by atoms with Gasteiger partial charge in [-0.2, -0.15) is 8.42 Å². The largest absolute Gasteiger partial charge is 0.748 e. The Morgan fingerprint density at radius 1 is 0.610 bits per heavy atom. The second-order valence-electron chi connectivity index (χ2n) is 20.7. The molecule has 2 bridgehead atoms. The van der Waals surface area contributed by atoms with Gasteiger partial charge < -0.3 is 27.6 Å². The molecule has 82 heavy (non-hydrogen) atoms. The van der Waals surface area contributed by atoms with E-state index in [2.05, 4.69) is 58.5 Å². The number of rotatable bonds is 20. The maximum absolute atomic E-state index is 13.6. The summed E-state index contributed by atoms with van der Waals surface area (Å²) in [5, 5.41) is 4.55. The van der Waals surface area contributed by atoms with E-state index in [1.54, 1.807) is 78.8 Å². The molecular weight excluding hydrogens is 1170 g/mol. The number of hydrogen-bond donors (Lipinski definition) is 0. The fraction of sp³-hybridized carbons (Fsp3) is 0.311. The molecule has 0 N–H and O–H groups in total. The zero-order chi connectivity index (χ0) is 58.8. The van der Waals surface area contributed by atoms with E-state index in [-0.39, 0.29) is 41.2 Å². The summed E-state index contributed by atoms with van der Waals surface area (Å²) in [6, 6.07) is 41.2. The first kappa shape index (κ1) is 61.9. The van der Waals surface area contributed by atoms with Gasteiger partial charge in [0.05, 0.1) is 94.6 Å². The van der Waals surface area contributed by atoms with Gasteiger partial charge in [0.2, 0.25) is 11.6 Å². The molecule has 8 aromatic rings. The lowest BCUT2D eigenvalue weighted by Crippen LogP contribution is -2.63. The van der Waals surface area contributed by atoms with Crippen LogP contribution in [0.1, 0.15) is 93.0 Å². The molecule has 0 amide bonds. The van der Waals surface area contributed by atoms with Crippen LogP contribution in [0.3, 0.4) is 0 Å². The lowest BCUT2D eigenvalue weighted by atomic mass is 9.66. The number of ether oxygens (including phenoxy) is 2. The molecule has 0 aliphatic carbocycles. The Morgan fingerprint density at radius 2 is 1.06 bits per heavy atom. The van der Waals surface area contributed by atoms with Crippen LogP contribution in [-0.4, -0.2) is 116 Å². The summed E-state index contributed by atoms with van der Waals surface area (Å²) in [6.45, 7) is 5.63. The first-order valence-corrected chi connectivity index (χ1v) is 31.6. The Morgan fingerprint density at radius 3 is 1.52 bits per heavy atom. The number of ketones is 2. The Labute approximate surface area is 499 Å². The molecule has 2 unspecified atom stereocenters. The molecule has 3 aliphatic heterocycles. The number of aromatic nitrogens is 4. The molecule has 3 fully saturated rings. The highest BCUT2D eigenvalue weighted by Crippen LogP contribution is 2.47. The number of hydrogen-bond acceptors (Lipinski definition) is 12. The number of methoxy groups -OCH3 is 2. The average molecular weight is 1230 g/mol. The van der Waals surface area contributed by atoms with Gasteiger partial charge >= 0.3 is 0 Å². The predicted octanol–water partition coefficient (Wildman–Crippen LogP) is 12.4. The van der Waals surface area contributed by atoms with Gasteiger partial charge in [0.15, 0.2) is 11.6 Å². The minimum atomic E-state index is -3.92. The van der Waals surface area contributed by atoms with Crippen LogP contribution in [0.15, 0.2) is 152 Å². The smallest absolute Gasteiger partial charge is 0.264 e. The first-order chi connectivity index (χ1) is 39.1. The summed E-state index contributed by atoms with van der Waals surface area (Å²) in [6.07, 6.45) is 13.5. The number of fused-ring (bicyclic) bond motifs is 4. The van der Waals surface area contributed by atoms with E-state index >= 15 is 0 Å². The van der Waals surface area contributed by atoms with Crippen LogP contribution < -0.4 is 9.47 Å². The number of imidazole rings is 2. The van der Waals surface area contributed by atoms with Crippen molar-refractivity contribution < 1.29 is 49.1 Å². The standard InChI is InChI=1S/C38H38Cl2N3O2.C22H22Cl2N2O5S.CH4O3S/c1-45-35-9-5-4-8-32(35)36(44)37-41-18-19-42(37)26-30(29-11-13-33(39)34(40)25-29)14-20-43-21-15-38(16-22-43,17-23-43)31-12-10-27-6-2-3-7-28(27)24-31;1-30-20-6-4-3-5-17(20)21(27)22-25-10-11-26(22)14-16(9-12-31-32(2,28)29)15-7-8-18(23)19(24)13-15;1-5(2,3)4/h2-13,18-19,24-25,30H,14-17,20-23,26H2,1H3;3-8,10-11,13,16H,9,12,14H2,1-2H3;1H3,(H,2,3,4)/q+1;;/p-1. The lowest BCUT2D eigenvalue weighted by molar-refractivity contribution is -0.943. The fourth-order valence-electron chi connectivity index (χ4n) is 11.1. The highest BCUT2D eigenvalue weighted by molar-refractivity contribution is 7.86. The average Bonchev–Trinajstić information content (AvgIpc) is 2.34. The molecule has 15 nitrogen and oxygen atoms in total. The van der Waals surface area contributed by atoms with Crippen molar-refractivity contribution in [2.24, 2.45) is 0 Å². The quantitative estimate of drug-likeness (QED) is 0.0304. The van der Waals surface area contributed by atoms with E-state index in [1.807, 2.05) is 41.1 Å². The zero-order valence-electron chi connectivity index (χ0n) is 45.7. The Hall–Kier alpha value is -6.12. The van der Waals surface area contributed by atoms with Gasteiger partial charge in [0.1, 0.15) is 11.5 Å². The Balaban J connectivity index is 0.000000209. The normalized spacial score (nSPS) is 17.4. The van der Waals surface area contributed by atoms with Crippen molar-refractivity contribution in [1.82, 2.24) is 19.1 Å². The molecule has 2 atom stereocenters. The summed E-state index contributed by atoms with van der Waals surface area (Å²) in [5.74, 6) is 1.14. The highest BCUT2D eigenvalue weighted by Gasteiger charge is 2.49. The van der Waals surface area contributed by atoms with Gasteiger partial charge in [-0.3, -0.25) is 13.8 Å². The van der Waals surface area contributed by atoms with Crippen LogP contribution in [0.5, 0.6) is 11.5 Å². The third-order valence-electron chi connectivity index (χ3n) is 15.5. The Kier molecular flexibility index (Phi) is 20.4. The van der Waals surface area contributed by atoms with E-state index in [1.165, 1.54) is 62.3 Å². The number of quaternary nitrogens is 1. The summed E-state index contributed by atoms with van der Waals surface area (Å²) in [4.78, 5) is 35.6. The number of carbonyl (C=O) groups is 2. The molecule has 0 spiro atoms. The molecule has 2 aromatic heterocycles. The molecule has 0 saturated carbocycles. The van der Waals surface area contributed by atoms with Gasteiger partial charge in [-0.15, -0.1) is 0 Å². The van der Waals surface area contributed by atoms with E-state index in [9.17, 15) is 18.0 Å². The van der Waals surface area contributed by atoms with Crippen molar-refractivity contribution in [3.05, 3.63) is 212 Å². The monoisotopic (exact) mass is 1230 g/mol. The van der Waals surface area contributed by atoms with Crippen molar-refractivity contribution in [2.75, 3.05) is 59.5 Å². The summed E-state index contributed by atoms with van der Waals surface area (Å²) in [7, 11) is -4.41. The molecule has 3 saturated heterocycles. The minimum Gasteiger partial charge on any atom is -0.748 e. The fourth-order valence-corrected chi connectivity index (χ4v) is 12.1. The third kappa shape index (κ3) is 15.7. The molecule has 11 rings (SSSR count). The van der Waals surface area contributed by atoms with E-state index < -0.39 is 20.2 Å². The van der Waals surface area contributed by atoms with Crippen LogP contribution in [-0.2, 0) is 42.9 Å². The number of carbonyl (C=O) groups excluding carboxylic acids is 2. The van der Waals surface area contributed by atoms with Gasteiger partial charge in [0.25, 0.3) is 10.1 Å². The summed E-state index contributed by atoms with van der Waals surface area (Å²) < 4.78 is 70.6.